The zero-order valence-corrected chi connectivity index (χ0v) is 14.6. The molecule has 0 saturated heterocycles. The predicted octanol–water partition coefficient (Wildman–Crippen LogP) is 4.40. The van der Waals surface area contributed by atoms with Crippen molar-refractivity contribution < 1.29 is 0 Å². The molecular weight excluding hydrogens is 296 g/mol. The van der Waals surface area contributed by atoms with Crippen LogP contribution in [0.5, 0.6) is 0 Å². The number of fused-ring (bicyclic) bond motifs is 1. The molecule has 0 fully saturated rings. The Balaban J connectivity index is 1.77. The summed E-state index contributed by atoms with van der Waals surface area (Å²) in [4.78, 5) is 9.00. The molecule has 4 nitrogen and oxygen atoms in total. The maximum Gasteiger partial charge on any atom is 0.167 e. The summed E-state index contributed by atoms with van der Waals surface area (Å²) in [5.41, 5.74) is 4.28. The van der Waals surface area contributed by atoms with Crippen LogP contribution in [0.2, 0.25) is 0 Å². The van der Waals surface area contributed by atoms with E-state index in [9.17, 15) is 0 Å². The molecule has 4 heteroatoms. The van der Waals surface area contributed by atoms with Crippen molar-refractivity contribution in [3.63, 3.8) is 0 Å². The molecule has 3 rings (SSSR count). The van der Waals surface area contributed by atoms with Crippen LogP contribution in [0.1, 0.15) is 31.9 Å². The molecule has 0 aliphatic carbocycles. The monoisotopic (exact) mass is 318 g/mol. The van der Waals surface area contributed by atoms with E-state index >= 15 is 0 Å². The van der Waals surface area contributed by atoms with E-state index in [1.807, 2.05) is 37.5 Å². The highest BCUT2D eigenvalue weighted by atomic mass is 15.5. The summed E-state index contributed by atoms with van der Waals surface area (Å²) in [7, 11) is 1.87. The highest BCUT2D eigenvalue weighted by Crippen LogP contribution is 2.22. The Hall–Kier alpha value is -2.75. The lowest BCUT2D eigenvalue weighted by Crippen LogP contribution is -2.12. The predicted molar refractivity (Wildman–Crippen MR) is 101 cm³/mol. The molecule has 0 unspecified atom stereocenters. The Morgan fingerprint density at radius 2 is 1.62 bits per heavy atom. The molecule has 2 aromatic carbocycles. The standard InChI is InChI=1S/C20H22N4/c1-20(2,3)16-11-9-15(10-12-16)13-22-24(4)19-14-21-17-7-5-6-8-18(17)23-19/h5-14H,1-4H3. The van der Waals surface area contributed by atoms with E-state index in [4.69, 9.17) is 0 Å². The average molecular weight is 318 g/mol. The number of anilines is 1. The third kappa shape index (κ3) is 3.59. The molecule has 0 atom stereocenters. The minimum absolute atomic E-state index is 0.160. The third-order valence-electron chi connectivity index (χ3n) is 3.92. The van der Waals surface area contributed by atoms with Gasteiger partial charge in [-0.3, -0.25) is 4.98 Å². The van der Waals surface area contributed by atoms with Gasteiger partial charge in [0, 0.05) is 7.05 Å². The fourth-order valence-corrected chi connectivity index (χ4v) is 2.38. The molecule has 1 heterocycles. The zero-order chi connectivity index (χ0) is 17.2. The first kappa shape index (κ1) is 16.1. The first-order valence-electron chi connectivity index (χ1n) is 8.03. The SMILES string of the molecule is CN(N=Cc1ccc(C(C)(C)C)cc1)c1cnc2ccccc2n1. The molecule has 24 heavy (non-hydrogen) atoms. The van der Waals surface area contributed by atoms with Gasteiger partial charge in [0.2, 0.25) is 0 Å². The van der Waals surface area contributed by atoms with Crippen molar-refractivity contribution in [2.75, 3.05) is 12.1 Å². The molecule has 3 aromatic rings. The van der Waals surface area contributed by atoms with Gasteiger partial charge >= 0.3 is 0 Å². The Kier molecular flexibility index (Phi) is 4.30. The first-order chi connectivity index (χ1) is 11.4. The summed E-state index contributed by atoms with van der Waals surface area (Å²) in [6, 6.07) is 16.3. The fraction of sp³-hybridized carbons (Fsp3) is 0.250. The number of para-hydroxylation sites is 2. The Morgan fingerprint density at radius 3 is 2.29 bits per heavy atom. The summed E-state index contributed by atoms with van der Waals surface area (Å²) in [6.07, 6.45) is 3.58. The van der Waals surface area contributed by atoms with Crippen LogP contribution in [0, 0.1) is 0 Å². The van der Waals surface area contributed by atoms with Crippen molar-refractivity contribution >= 4 is 23.1 Å². The normalized spacial score (nSPS) is 12.0. The van der Waals surface area contributed by atoms with E-state index in [0.717, 1.165) is 22.4 Å². The van der Waals surface area contributed by atoms with Crippen molar-refractivity contribution in [2.45, 2.75) is 26.2 Å². The van der Waals surface area contributed by atoms with Gasteiger partial charge in [-0.2, -0.15) is 5.10 Å². The lowest BCUT2D eigenvalue weighted by atomic mass is 9.87. The lowest BCUT2D eigenvalue weighted by Gasteiger charge is -2.18. The molecule has 0 aliphatic rings. The maximum absolute atomic E-state index is 4.58. The summed E-state index contributed by atoms with van der Waals surface area (Å²) in [5, 5.41) is 6.20. The third-order valence-corrected chi connectivity index (χ3v) is 3.92. The van der Waals surface area contributed by atoms with Crippen LogP contribution in [-0.2, 0) is 5.41 Å². The van der Waals surface area contributed by atoms with Gasteiger partial charge in [-0.1, -0.05) is 57.2 Å². The average Bonchev–Trinajstić information content (AvgIpc) is 2.59. The van der Waals surface area contributed by atoms with E-state index in [1.54, 1.807) is 11.2 Å². The molecule has 0 N–H and O–H groups in total. The van der Waals surface area contributed by atoms with E-state index in [2.05, 4.69) is 60.1 Å². The number of aromatic nitrogens is 2. The van der Waals surface area contributed by atoms with Gasteiger partial charge in [-0.25, -0.2) is 9.99 Å². The smallest absolute Gasteiger partial charge is 0.167 e. The van der Waals surface area contributed by atoms with Crippen LogP contribution < -0.4 is 5.01 Å². The van der Waals surface area contributed by atoms with Gasteiger partial charge in [0.05, 0.1) is 23.4 Å². The van der Waals surface area contributed by atoms with Crippen molar-refractivity contribution in [1.82, 2.24) is 9.97 Å². The number of hydrogen-bond acceptors (Lipinski definition) is 4. The van der Waals surface area contributed by atoms with E-state index < -0.39 is 0 Å². The summed E-state index contributed by atoms with van der Waals surface area (Å²) >= 11 is 0. The quantitative estimate of drug-likeness (QED) is 0.531. The Labute approximate surface area is 142 Å². The number of nitrogens with zero attached hydrogens (tertiary/aromatic N) is 4. The van der Waals surface area contributed by atoms with Crippen molar-refractivity contribution in [3.05, 3.63) is 65.9 Å². The second-order valence-electron chi connectivity index (χ2n) is 6.86. The molecule has 1 aromatic heterocycles. The van der Waals surface area contributed by atoms with E-state index in [0.29, 0.717) is 0 Å². The van der Waals surface area contributed by atoms with E-state index in [-0.39, 0.29) is 5.41 Å². The number of hydrogen-bond donors (Lipinski definition) is 0. The Morgan fingerprint density at radius 1 is 0.958 bits per heavy atom. The molecular formula is C20H22N4. The molecule has 122 valence electrons. The second kappa shape index (κ2) is 6.40. The van der Waals surface area contributed by atoms with Gasteiger partial charge in [-0.15, -0.1) is 0 Å². The van der Waals surface area contributed by atoms with Gasteiger partial charge in [0.1, 0.15) is 0 Å². The van der Waals surface area contributed by atoms with Gasteiger partial charge in [0.25, 0.3) is 0 Å². The van der Waals surface area contributed by atoms with Gasteiger partial charge in [0.15, 0.2) is 5.82 Å². The Bertz CT molecular complexity index is 861. The molecule has 0 amide bonds. The van der Waals surface area contributed by atoms with Crippen molar-refractivity contribution in [1.29, 1.82) is 0 Å². The largest absolute Gasteiger partial charge is 0.251 e. The molecule has 0 radical (unpaired) electrons. The maximum atomic E-state index is 4.58. The van der Waals surface area contributed by atoms with E-state index in [1.165, 1.54) is 5.56 Å². The van der Waals surface area contributed by atoms with Gasteiger partial charge < -0.3 is 0 Å². The lowest BCUT2D eigenvalue weighted by molar-refractivity contribution is 0.590. The molecule has 0 aliphatic heterocycles. The van der Waals surface area contributed by atoms with Crippen LogP contribution in [0.25, 0.3) is 11.0 Å². The van der Waals surface area contributed by atoms with Crippen LogP contribution in [0.4, 0.5) is 5.82 Å². The van der Waals surface area contributed by atoms with Crippen molar-refractivity contribution in [2.24, 2.45) is 5.10 Å². The summed E-state index contributed by atoms with van der Waals surface area (Å²) in [6.45, 7) is 6.63. The summed E-state index contributed by atoms with van der Waals surface area (Å²) < 4.78 is 0. The topological polar surface area (TPSA) is 41.4 Å². The minimum atomic E-state index is 0.160. The fourth-order valence-electron chi connectivity index (χ4n) is 2.38. The molecule has 0 bridgehead atoms. The number of rotatable bonds is 3. The molecule has 0 saturated carbocycles. The van der Waals surface area contributed by atoms with Crippen LogP contribution in [0.15, 0.2) is 59.8 Å². The van der Waals surface area contributed by atoms with Crippen LogP contribution in [0.3, 0.4) is 0 Å². The molecule has 0 spiro atoms. The minimum Gasteiger partial charge on any atom is -0.251 e. The highest BCUT2D eigenvalue weighted by Gasteiger charge is 2.12. The van der Waals surface area contributed by atoms with Gasteiger partial charge in [-0.05, 0) is 28.7 Å². The first-order valence-corrected chi connectivity index (χ1v) is 8.03. The zero-order valence-electron chi connectivity index (χ0n) is 14.6. The number of hydrazone groups is 1. The van der Waals surface area contributed by atoms with Crippen LogP contribution >= 0.6 is 0 Å². The summed E-state index contributed by atoms with van der Waals surface area (Å²) in [5.74, 6) is 0.719. The highest BCUT2D eigenvalue weighted by molar-refractivity contribution is 5.80. The van der Waals surface area contributed by atoms with Crippen LogP contribution in [-0.4, -0.2) is 23.2 Å². The van der Waals surface area contributed by atoms with Crippen molar-refractivity contribution in [3.8, 4) is 0 Å². The second-order valence-corrected chi connectivity index (χ2v) is 6.86. The number of benzene rings is 2.